The molecule has 5 heteroatoms. The predicted octanol–water partition coefficient (Wildman–Crippen LogP) is 5.46. The zero-order valence-electron chi connectivity index (χ0n) is 13.3. The highest BCUT2D eigenvalue weighted by Crippen LogP contribution is 2.32. The van der Waals surface area contributed by atoms with Crippen LogP contribution in [-0.2, 0) is 0 Å². The molecule has 0 saturated carbocycles. The number of nitrogens with one attached hydrogen (secondary N) is 1. The molecule has 122 valence electrons. The summed E-state index contributed by atoms with van der Waals surface area (Å²) in [7, 11) is 3.99. The van der Waals surface area contributed by atoms with Crippen molar-refractivity contribution in [1.82, 2.24) is 0 Å². The van der Waals surface area contributed by atoms with E-state index in [0.29, 0.717) is 15.6 Å². The Morgan fingerprint density at radius 1 is 0.917 bits per heavy atom. The van der Waals surface area contributed by atoms with E-state index in [1.807, 2.05) is 55.4 Å². The van der Waals surface area contributed by atoms with Crippen molar-refractivity contribution in [3.05, 3.63) is 70.2 Å². The lowest BCUT2D eigenvalue weighted by Gasteiger charge is -2.18. The van der Waals surface area contributed by atoms with Gasteiger partial charge in [0.25, 0.3) is 5.91 Å². The van der Waals surface area contributed by atoms with Crippen LogP contribution in [0.2, 0.25) is 10.0 Å². The molecule has 3 nitrogen and oxygen atoms in total. The van der Waals surface area contributed by atoms with E-state index in [1.165, 1.54) is 0 Å². The molecule has 1 N–H and O–H groups in total. The van der Waals surface area contributed by atoms with E-state index in [0.717, 1.165) is 22.1 Å². The Kier molecular flexibility index (Phi) is 4.65. The summed E-state index contributed by atoms with van der Waals surface area (Å²) in [4.78, 5) is 14.6. The molecule has 24 heavy (non-hydrogen) atoms. The first-order chi connectivity index (χ1) is 11.5. The first-order valence-electron chi connectivity index (χ1n) is 7.43. The fourth-order valence-corrected chi connectivity index (χ4v) is 2.91. The van der Waals surface area contributed by atoms with E-state index in [1.54, 1.807) is 18.2 Å². The van der Waals surface area contributed by atoms with Crippen LogP contribution in [0, 0.1) is 0 Å². The second-order valence-corrected chi connectivity index (χ2v) is 6.47. The molecule has 3 aromatic rings. The third kappa shape index (κ3) is 3.18. The van der Waals surface area contributed by atoms with Crippen molar-refractivity contribution in [3.8, 4) is 0 Å². The largest absolute Gasteiger partial charge is 0.377 e. The fraction of sp³-hybridized carbons (Fsp3) is 0.105. The minimum Gasteiger partial charge on any atom is -0.377 e. The number of hydrogen-bond acceptors (Lipinski definition) is 2. The maximum absolute atomic E-state index is 12.5. The summed E-state index contributed by atoms with van der Waals surface area (Å²) in [5.41, 5.74) is 2.32. The van der Waals surface area contributed by atoms with E-state index in [2.05, 4.69) is 5.32 Å². The highest BCUT2D eigenvalue weighted by Gasteiger charge is 2.12. The minimum atomic E-state index is -0.226. The number of benzene rings is 3. The van der Waals surface area contributed by atoms with Crippen molar-refractivity contribution in [1.29, 1.82) is 0 Å². The monoisotopic (exact) mass is 358 g/mol. The fourth-order valence-electron chi connectivity index (χ4n) is 2.61. The maximum atomic E-state index is 12.5. The second kappa shape index (κ2) is 6.71. The topological polar surface area (TPSA) is 32.3 Å². The van der Waals surface area contributed by atoms with Gasteiger partial charge in [0.05, 0.1) is 10.0 Å². The Morgan fingerprint density at radius 2 is 1.62 bits per heavy atom. The molecule has 3 rings (SSSR count). The van der Waals surface area contributed by atoms with Gasteiger partial charge >= 0.3 is 0 Å². The molecule has 0 bridgehead atoms. The van der Waals surface area contributed by atoms with Gasteiger partial charge in [-0.15, -0.1) is 0 Å². The average molecular weight is 359 g/mol. The SMILES string of the molecule is CN(C)c1ccc(NC(=O)c2ccc(Cl)c(Cl)c2)c2ccccc12. The smallest absolute Gasteiger partial charge is 0.255 e. The molecule has 0 unspecified atom stereocenters. The first-order valence-corrected chi connectivity index (χ1v) is 8.18. The molecular weight excluding hydrogens is 343 g/mol. The van der Waals surface area contributed by atoms with Gasteiger partial charge in [-0.25, -0.2) is 0 Å². The summed E-state index contributed by atoms with van der Waals surface area (Å²) < 4.78 is 0. The molecule has 0 atom stereocenters. The summed E-state index contributed by atoms with van der Waals surface area (Å²) in [6.07, 6.45) is 0. The van der Waals surface area contributed by atoms with Crippen molar-refractivity contribution in [3.63, 3.8) is 0 Å². The third-order valence-corrected chi connectivity index (χ3v) is 4.55. The van der Waals surface area contributed by atoms with Crippen LogP contribution in [0.25, 0.3) is 10.8 Å². The van der Waals surface area contributed by atoms with Crippen molar-refractivity contribution < 1.29 is 4.79 Å². The van der Waals surface area contributed by atoms with Crippen LogP contribution < -0.4 is 10.2 Å². The van der Waals surface area contributed by atoms with Crippen molar-refractivity contribution in [2.24, 2.45) is 0 Å². The molecular formula is C19H16Cl2N2O. The van der Waals surface area contributed by atoms with Gasteiger partial charge in [-0.2, -0.15) is 0 Å². The molecule has 0 radical (unpaired) electrons. The van der Waals surface area contributed by atoms with Gasteiger partial charge in [-0.1, -0.05) is 47.5 Å². The number of rotatable bonds is 3. The van der Waals surface area contributed by atoms with Gasteiger partial charge in [0, 0.05) is 41.8 Å². The molecule has 0 aliphatic rings. The van der Waals surface area contributed by atoms with Crippen molar-refractivity contribution >= 4 is 51.3 Å². The highest BCUT2D eigenvalue weighted by molar-refractivity contribution is 6.42. The van der Waals surface area contributed by atoms with Crippen molar-refractivity contribution in [2.75, 3.05) is 24.3 Å². The van der Waals surface area contributed by atoms with Gasteiger partial charge in [0.15, 0.2) is 0 Å². The standard InChI is InChI=1S/C19H16Cl2N2O/c1-23(2)18-10-9-17(13-5-3-4-6-14(13)18)22-19(24)12-7-8-15(20)16(21)11-12/h3-11H,1-2H3,(H,22,24). The molecule has 0 aromatic heterocycles. The number of nitrogens with zero attached hydrogens (tertiary/aromatic N) is 1. The number of halogens is 2. The van der Waals surface area contributed by atoms with Crippen LogP contribution in [-0.4, -0.2) is 20.0 Å². The van der Waals surface area contributed by atoms with E-state index >= 15 is 0 Å². The highest BCUT2D eigenvalue weighted by atomic mass is 35.5. The Morgan fingerprint density at radius 3 is 2.29 bits per heavy atom. The second-order valence-electron chi connectivity index (χ2n) is 5.66. The first kappa shape index (κ1) is 16.6. The van der Waals surface area contributed by atoms with E-state index in [4.69, 9.17) is 23.2 Å². The average Bonchev–Trinajstić information content (AvgIpc) is 2.57. The van der Waals surface area contributed by atoms with Gasteiger partial charge in [0.1, 0.15) is 0 Å². The molecule has 0 fully saturated rings. The van der Waals surface area contributed by atoms with Crippen LogP contribution >= 0.6 is 23.2 Å². The van der Waals surface area contributed by atoms with Crippen LogP contribution in [0.5, 0.6) is 0 Å². The Labute approximate surface area is 150 Å². The summed E-state index contributed by atoms with van der Waals surface area (Å²) in [6, 6.07) is 16.7. The number of anilines is 2. The summed E-state index contributed by atoms with van der Waals surface area (Å²) in [5.74, 6) is -0.226. The Bertz CT molecular complexity index is 922. The normalized spacial score (nSPS) is 10.7. The predicted molar refractivity (Wildman–Crippen MR) is 103 cm³/mol. The zero-order chi connectivity index (χ0) is 17.3. The van der Waals surface area contributed by atoms with Crippen LogP contribution in [0.15, 0.2) is 54.6 Å². The lowest BCUT2D eigenvalue weighted by atomic mass is 10.1. The van der Waals surface area contributed by atoms with E-state index in [9.17, 15) is 4.79 Å². The zero-order valence-corrected chi connectivity index (χ0v) is 14.8. The molecule has 0 aliphatic heterocycles. The molecule has 0 heterocycles. The van der Waals surface area contributed by atoms with E-state index < -0.39 is 0 Å². The Hall–Kier alpha value is -2.23. The summed E-state index contributed by atoms with van der Waals surface area (Å²) in [5, 5.41) is 5.80. The van der Waals surface area contributed by atoms with Gasteiger partial charge < -0.3 is 10.2 Å². The molecule has 0 aliphatic carbocycles. The summed E-state index contributed by atoms with van der Waals surface area (Å²) in [6.45, 7) is 0. The van der Waals surface area contributed by atoms with Crippen LogP contribution in [0.4, 0.5) is 11.4 Å². The summed E-state index contributed by atoms with van der Waals surface area (Å²) >= 11 is 11.9. The number of amides is 1. The third-order valence-electron chi connectivity index (χ3n) is 3.81. The Balaban J connectivity index is 2.00. The quantitative estimate of drug-likeness (QED) is 0.673. The molecule has 3 aromatic carbocycles. The van der Waals surface area contributed by atoms with Gasteiger partial charge in [0.2, 0.25) is 0 Å². The lowest BCUT2D eigenvalue weighted by Crippen LogP contribution is -2.13. The van der Waals surface area contributed by atoms with Crippen molar-refractivity contribution in [2.45, 2.75) is 0 Å². The van der Waals surface area contributed by atoms with Gasteiger partial charge in [-0.05, 0) is 30.3 Å². The molecule has 0 saturated heterocycles. The van der Waals surface area contributed by atoms with E-state index in [-0.39, 0.29) is 5.91 Å². The number of carbonyl (C=O) groups is 1. The number of carbonyl (C=O) groups excluding carboxylic acids is 1. The molecule has 0 spiro atoms. The van der Waals surface area contributed by atoms with Gasteiger partial charge in [-0.3, -0.25) is 4.79 Å². The molecule has 1 amide bonds. The minimum absolute atomic E-state index is 0.226. The number of hydrogen-bond donors (Lipinski definition) is 1. The maximum Gasteiger partial charge on any atom is 0.255 e. The van der Waals surface area contributed by atoms with Crippen LogP contribution in [0.3, 0.4) is 0 Å². The van der Waals surface area contributed by atoms with Crippen LogP contribution in [0.1, 0.15) is 10.4 Å². The lowest BCUT2D eigenvalue weighted by molar-refractivity contribution is 0.102. The number of fused-ring (bicyclic) bond motifs is 1.